The molecule has 166 valence electrons. The Kier molecular flexibility index (Phi) is 6.26. The molecule has 3 heterocycles. The maximum atomic E-state index is 12.8. The Labute approximate surface area is 183 Å². The zero-order valence-electron chi connectivity index (χ0n) is 17.4. The van der Waals surface area contributed by atoms with Gasteiger partial charge >= 0.3 is 0 Å². The maximum Gasteiger partial charge on any atom is 0.298 e. The van der Waals surface area contributed by atoms with Crippen LogP contribution in [0.25, 0.3) is 5.65 Å². The van der Waals surface area contributed by atoms with Gasteiger partial charge in [-0.3, -0.25) is 14.4 Å². The molecule has 1 fully saturated rings. The Hall–Kier alpha value is -3.99. The largest absolute Gasteiger partial charge is 0.427 e. The zero-order chi connectivity index (χ0) is 22.5. The zero-order valence-corrected chi connectivity index (χ0v) is 17.4. The van der Waals surface area contributed by atoms with Gasteiger partial charge in [-0.05, 0) is 30.7 Å². The average Bonchev–Trinajstić information content (AvgIpc) is 3.49. The highest BCUT2D eigenvalue weighted by Crippen LogP contribution is 2.25. The topological polar surface area (TPSA) is 139 Å². The van der Waals surface area contributed by atoms with Crippen molar-refractivity contribution in [3.8, 4) is 5.75 Å². The number of rotatable bonds is 8. The first-order valence-electron chi connectivity index (χ1n) is 10.1. The molecular formula is C21H23N7O4. The molecule has 1 aromatic carbocycles. The fraction of sp³-hybridized carbons (Fsp3) is 0.286. The van der Waals surface area contributed by atoms with Crippen molar-refractivity contribution in [2.45, 2.75) is 19.0 Å². The fourth-order valence-corrected chi connectivity index (χ4v) is 3.54. The van der Waals surface area contributed by atoms with Gasteiger partial charge in [-0.25, -0.2) is 9.50 Å². The molecule has 32 heavy (non-hydrogen) atoms. The van der Waals surface area contributed by atoms with E-state index in [0.29, 0.717) is 30.1 Å². The van der Waals surface area contributed by atoms with E-state index < -0.39 is 5.91 Å². The molecule has 0 saturated carbocycles. The highest BCUT2D eigenvalue weighted by molar-refractivity contribution is 5.98. The van der Waals surface area contributed by atoms with E-state index in [1.54, 1.807) is 31.3 Å². The predicted molar refractivity (Wildman–Crippen MR) is 116 cm³/mol. The third kappa shape index (κ3) is 4.52. The normalized spacial score (nSPS) is 15.3. The second-order valence-electron chi connectivity index (χ2n) is 7.27. The van der Waals surface area contributed by atoms with Crippen LogP contribution in [-0.2, 0) is 11.3 Å². The van der Waals surface area contributed by atoms with Gasteiger partial charge in [0.15, 0.2) is 11.4 Å². The lowest BCUT2D eigenvalue weighted by molar-refractivity contribution is -0.120. The van der Waals surface area contributed by atoms with Crippen molar-refractivity contribution in [3.63, 3.8) is 0 Å². The number of anilines is 1. The molecular weight excluding hydrogens is 414 g/mol. The van der Waals surface area contributed by atoms with Gasteiger partial charge in [-0.2, -0.15) is 5.10 Å². The number of hydrogen-bond donors (Lipinski definition) is 4. The van der Waals surface area contributed by atoms with Gasteiger partial charge in [0.1, 0.15) is 11.4 Å². The van der Waals surface area contributed by atoms with Crippen LogP contribution in [0.1, 0.15) is 33.0 Å². The summed E-state index contributed by atoms with van der Waals surface area (Å²) >= 11 is 0. The van der Waals surface area contributed by atoms with Gasteiger partial charge in [0.25, 0.3) is 18.3 Å². The summed E-state index contributed by atoms with van der Waals surface area (Å²) in [5, 5.41) is 16.1. The molecule has 2 amide bonds. The van der Waals surface area contributed by atoms with Gasteiger partial charge < -0.3 is 26.0 Å². The van der Waals surface area contributed by atoms with Crippen LogP contribution in [0.4, 0.5) is 5.69 Å². The molecule has 2 aromatic heterocycles. The molecule has 4 rings (SSSR count). The number of benzene rings is 1. The SMILES string of the molecule is CNc1cc(CNC(=O)c2cc(C(=O)NC3CCNC3)n3nccc3n2)ccc1OC=O. The van der Waals surface area contributed by atoms with E-state index in [-0.39, 0.29) is 29.9 Å². The number of aromatic nitrogens is 3. The number of nitrogens with zero attached hydrogens (tertiary/aromatic N) is 3. The minimum Gasteiger partial charge on any atom is -0.427 e. The molecule has 0 bridgehead atoms. The molecule has 3 aromatic rings. The predicted octanol–water partition coefficient (Wildman–Crippen LogP) is 0.328. The van der Waals surface area contributed by atoms with E-state index in [0.717, 1.165) is 18.5 Å². The number of amides is 2. The Morgan fingerprint density at radius 2 is 2.16 bits per heavy atom. The molecule has 4 N–H and O–H groups in total. The molecule has 1 unspecified atom stereocenters. The van der Waals surface area contributed by atoms with Gasteiger partial charge in [-0.15, -0.1) is 0 Å². The summed E-state index contributed by atoms with van der Waals surface area (Å²) in [7, 11) is 1.70. The number of hydrogen-bond acceptors (Lipinski definition) is 8. The quantitative estimate of drug-likeness (QED) is 0.370. The van der Waals surface area contributed by atoms with Crippen molar-refractivity contribution < 1.29 is 19.1 Å². The highest BCUT2D eigenvalue weighted by Gasteiger charge is 2.22. The maximum absolute atomic E-state index is 12.8. The van der Waals surface area contributed by atoms with E-state index in [9.17, 15) is 14.4 Å². The molecule has 1 aliphatic rings. The summed E-state index contributed by atoms with van der Waals surface area (Å²) in [6.07, 6.45) is 2.37. The average molecular weight is 437 g/mol. The smallest absolute Gasteiger partial charge is 0.298 e. The van der Waals surface area contributed by atoms with Crippen LogP contribution < -0.4 is 26.0 Å². The molecule has 1 atom stereocenters. The summed E-state index contributed by atoms with van der Waals surface area (Å²) in [6, 6.07) is 8.25. The van der Waals surface area contributed by atoms with Crippen LogP contribution in [0.5, 0.6) is 5.75 Å². The van der Waals surface area contributed by atoms with Crippen LogP contribution in [0, 0.1) is 0 Å². The fourth-order valence-electron chi connectivity index (χ4n) is 3.54. The molecule has 0 spiro atoms. The first-order chi connectivity index (χ1) is 15.6. The minimum atomic E-state index is -0.426. The standard InChI is InChI=1S/C21H23N7O4/c1-22-15-8-13(2-3-18(15)32-12-29)10-24-20(30)16-9-17(28-19(27-16)5-7-25-28)21(31)26-14-4-6-23-11-14/h2-3,5,7-9,12,14,22-23H,4,6,10-11H2,1H3,(H,24,30)(H,26,31). The Morgan fingerprint density at radius 3 is 2.91 bits per heavy atom. The van der Waals surface area contributed by atoms with Crippen LogP contribution in [-0.4, -0.2) is 59.1 Å². The highest BCUT2D eigenvalue weighted by atomic mass is 16.5. The monoisotopic (exact) mass is 437 g/mol. The van der Waals surface area contributed by atoms with Crippen LogP contribution in [0.3, 0.4) is 0 Å². The first kappa shape index (κ1) is 21.2. The summed E-state index contributed by atoms with van der Waals surface area (Å²) in [6.45, 7) is 2.13. The van der Waals surface area contributed by atoms with Crippen molar-refractivity contribution in [3.05, 3.63) is 53.5 Å². The van der Waals surface area contributed by atoms with Crippen molar-refractivity contribution in [1.29, 1.82) is 0 Å². The van der Waals surface area contributed by atoms with Crippen molar-refractivity contribution in [1.82, 2.24) is 30.5 Å². The van der Waals surface area contributed by atoms with Crippen LogP contribution in [0.2, 0.25) is 0 Å². The number of fused-ring (bicyclic) bond motifs is 1. The number of carbonyl (C=O) groups excluding carboxylic acids is 3. The Morgan fingerprint density at radius 1 is 1.28 bits per heavy atom. The summed E-state index contributed by atoms with van der Waals surface area (Å²) in [5.74, 6) is -0.351. The summed E-state index contributed by atoms with van der Waals surface area (Å²) in [4.78, 5) is 40.5. The summed E-state index contributed by atoms with van der Waals surface area (Å²) in [5.41, 5.74) is 2.16. The Balaban J connectivity index is 1.51. The van der Waals surface area contributed by atoms with E-state index in [1.807, 2.05) is 0 Å². The van der Waals surface area contributed by atoms with Crippen LogP contribution in [0.15, 0.2) is 36.5 Å². The second-order valence-corrected chi connectivity index (χ2v) is 7.27. The Bertz CT molecular complexity index is 1150. The van der Waals surface area contributed by atoms with Gasteiger partial charge in [0.05, 0.1) is 11.9 Å². The van der Waals surface area contributed by atoms with Crippen LogP contribution >= 0.6 is 0 Å². The number of carbonyl (C=O) groups is 3. The van der Waals surface area contributed by atoms with Crippen molar-refractivity contribution in [2.24, 2.45) is 0 Å². The molecule has 11 nitrogen and oxygen atoms in total. The van der Waals surface area contributed by atoms with Gasteiger partial charge in [0.2, 0.25) is 0 Å². The van der Waals surface area contributed by atoms with Crippen molar-refractivity contribution >= 4 is 29.6 Å². The number of ether oxygens (including phenoxy) is 1. The number of nitrogens with one attached hydrogen (secondary N) is 4. The molecule has 11 heteroatoms. The third-order valence-corrected chi connectivity index (χ3v) is 5.16. The van der Waals surface area contributed by atoms with Crippen molar-refractivity contribution in [2.75, 3.05) is 25.5 Å². The molecule has 0 aliphatic carbocycles. The molecule has 1 aliphatic heterocycles. The van der Waals surface area contributed by atoms with E-state index >= 15 is 0 Å². The van der Waals surface area contributed by atoms with E-state index in [4.69, 9.17) is 4.74 Å². The van der Waals surface area contributed by atoms with Gasteiger partial charge in [0, 0.05) is 38.3 Å². The molecule has 0 radical (unpaired) electrons. The summed E-state index contributed by atoms with van der Waals surface area (Å²) < 4.78 is 6.32. The lowest BCUT2D eigenvalue weighted by Gasteiger charge is -2.13. The minimum absolute atomic E-state index is 0.0334. The molecule has 1 saturated heterocycles. The third-order valence-electron chi connectivity index (χ3n) is 5.16. The van der Waals surface area contributed by atoms with E-state index in [1.165, 1.54) is 16.8 Å². The van der Waals surface area contributed by atoms with E-state index in [2.05, 4.69) is 31.3 Å². The van der Waals surface area contributed by atoms with Gasteiger partial charge in [-0.1, -0.05) is 6.07 Å². The lowest BCUT2D eigenvalue weighted by atomic mass is 10.1. The second kappa shape index (κ2) is 9.43. The first-order valence-corrected chi connectivity index (χ1v) is 10.1. The lowest BCUT2D eigenvalue weighted by Crippen LogP contribution is -2.37.